The van der Waals surface area contributed by atoms with Crippen molar-refractivity contribution in [2.24, 2.45) is 11.7 Å². The molecule has 0 aliphatic heterocycles. The predicted octanol–water partition coefficient (Wildman–Crippen LogP) is 6.27. The smallest absolute Gasteiger partial charge is 0.407 e. The molecule has 0 saturated carbocycles. The number of nitrogens with one attached hydrogen (secondary N) is 1. The number of aromatic nitrogens is 1. The van der Waals surface area contributed by atoms with Crippen molar-refractivity contribution in [1.29, 1.82) is 0 Å². The summed E-state index contributed by atoms with van der Waals surface area (Å²) < 4.78 is 11.9. The lowest BCUT2D eigenvalue weighted by Crippen LogP contribution is -2.40. The van der Waals surface area contributed by atoms with E-state index in [1.807, 2.05) is 34.6 Å². The van der Waals surface area contributed by atoms with E-state index in [4.69, 9.17) is 20.2 Å². The number of hydrogen-bond donors (Lipinski definition) is 2. The summed E-state index contributed by atoms with van der Waals surface area (Å²) in [7, 11) is 0. The third-order valence-corrected chi connectivity index (χ3v) is 5.96. The van der Waals surface area contributed by atoms with Crippen LogP contribution in [-0.4, -0.2) is 22.5 Å². The van der Waals surface area contributed by atoms with Gasteiger partial charge in [0.1, 0.15) is 19.0 Å². The molecule has 1 aromatic heterocycles. The highest BCUT2D eigenvalue weighted by molar-refractivity contribution is 5.93. The highest BCUT2D eigenvalue weighted by Crippen LogP contribution is 2.34. The molecule has 7 heteroatoms. The number of benzene rings is 2. The molecule has 3 rings (SSSR count). The van der Waals surface area contributed by atoms with Gasteiger partial charge >= 0.3 is 6.09 Å². The number of aryl methyl sites for hydroxylation is 2. The van der Waals surface area contributed by atoms with Gasteiger partial charge in [0.2, 0.25) is 5.91 Å². The molecule has 7 nitrogen and oxygen atoms in total. The molecule has 0 aliphatic carbocycles. The summed E-state index contributed by atoms with van der Waals surface area (Å²) in [6.07, 6.45) is 0.255. The van der Waals surface area contributed by atoms with Gasteiger partial charge in [-0.1, -0.05) is 49.7 Å². The van der Waals surface area contributed by atoms with E-state index in [0.717, 1.165) is 45.6 Å². The van der Waals surface area contributed by atoms with Crippen molar-refractivity contribution in [1.82, 2.24) is 10.3 Å². The van der Waals surface area contributed by atoms with Crippen LogP contribution in [0.15, 0.2) is 48.5 Å². The van der Waals surface area contributed by atoms with Gasteiger partial charge in [0.05, 0.1) is 0 Å². The van der Waals surface area contributed by atoms with Crippen LogP contribution in [0.2, 0.25) is 0 Å². The van der Waals surface area contributed by atoms with Crippen molar-refractivity contribution in [3.8, 4) is 16.9 Å². The second kappa shape index (κ2) is 12.1. The molecule has 2 amide bonds. The molecule has 2 aromatic carbocycles. The Kier molecular flexibility index (Phi) is 9.15. The van der Waals surface area contributed by atoms with Crippen LogP contribution in [0.1, 0.15) is 73.1 Å². The van der Waals surface area contributed by atoms with Gasteiger partial charge in [0, 0.05) is 33.6 Å². The Morgan fingerprint density at radius 3 is 2.29 bits per heavy atom. The van der Waals surface area contributed by atoms with Crippen molar-refractivity contribution in [3.05, 3.63) is 82.2 Å². The Labute approximate surface area is 225 Å². The predicted molar refractivity (Wildman–Crippen MR) is 150 cm³/mol. The van der Waals surface area contributed by atoms with Crippen LogP contribution in [0.25, 0.3) is 11.1 Å². The average Bonchev–Trinajstić information content (AvgIpc) is 2.81. The highest BCUT2D eigenvalue weighted by atomic mass is 16.5. The fraction of sp³-hybridized carbons (Fsp3) is 0.387. The first kappa shape index (κ1) is 28.7. The molecule has 0 unspecified atom stereocenters. The minimum atomic E-state index is -0.514. The molecular weight excluding hydrogens is 478 g/mol. The molecule has 3 N–H and O–H groups in total. The van der Waals surface area contributed by atoms with Gasteiger partial charge in [-0.2, -0.15) is 0 Å². The number of hydrogen-bond acceptors (Lipinski definition) is 5. The van der Waals surface area contributed by atoms with Crippen LogP contribution in [0.3, 0.4) is 0 Å². The Morgan fingerprint density at radius 2 is 1.68 bits per heavy atom. The van der Waals surface area contributed by atoms with E-state index in [2.05, 4.69) is 43.4 Å². The maximum Gasteiger partial charge on any atom is 0.407 e. The Morgan fingerprint density at radius 1 is 1.00 bits per heavy atom. The standard InChI is InChI=1S/C31H39N3O4/c1-19(2)15-27-26(18-38-30(36)34-31(5,6)7)28(22-13-11-20(3)12-14-22)25(21(4)33-27)17-37-24-10-8-9-23(16-24)29(32)35/h8-14,16,19H,15,17-18H2,1-7H3,(H2,32,35)(H,34,36). The first-order valence-electron chi connectivity index (χ1n) is 12.9. The first-order chi connectivity index (χ1) is 17.8. The van der Waals surface area contributed by atoms with Gasteiger partial charge in [0.25, 0.3) is 0 Å². The van der Waals surface area contributed by atoms with Crippen molar-refractivity contribution >= 4 is 12.0 Å². The van der Waals surface area contributed by atoms with Crippen LogP contribution in [0, 0.1) is 19.8 Å². The zero-order chi connectivity index (χ0) is 28.0. The summed E-state index contributed by atoms with van der Waals surface area (Å²) in [5, 5.41) is 2.86. The van der Waals surface area contributed by atoms with E-state index in [1.165, 1.54) is 0 Å². The van der Waals surface area contributed by atoms with E-state index in [-0.39, 0.29) is 13.2 Å². The van der Waals surface area contributed by atoms with Crippen molar-refractivity contribution in [2.45, 2.75) is 73.6 Å². The molecule has 38 heavy (non-hydrogen) atoms. The van der Waals surface area contributed by atoms with Gasteiger partial charge in [-0.15, -0.1) is 0 Å². The number of carbonyl (C=O) groups is 2. The minimum Gasteiger partial charge on any atom is -0.489 e. The fourth-order valence-electron chi connectivity index (χ4n) is 4.18. The summed E-state index contributed by atoms with van der Waals surface area (Å²) in [4.78, 5) is 29.2. The van der Waals surface area contributed by atoms with E-state index in [9.17, 15) is 9.59 Å². The number of alkyl carbamates (subject to hydrolysis) is 1. The molecule has 0 saturated heterocycles. The summed E-state index contributed by atoms with van der Waals surface area (Å²) >= 11 is 0. The number of rotatable bonds is 9. The molecular formula is C31H39N3O4. The summed E-state index contributed by atoms with van der Waals surface area (Å²) in [6, 6.07) is 15.1. The van der Waals surface area contributed by atoms with Gasteiger partial charge in [-0.25, -0.2) is 4.79 Å². The zero-order valence-corrected chi connectivity index (χ0v) is 23.5. The van der Waals surface area contributed by atoms with Gasteiger partial charge in [-0.3, -0.25) is 9.78 Å². The van der Waals surface area contributed by atoms with E-state index in [1.54, 1.807) is 24.3 Å². The van der Waals surface area contributed by atoms with Crippen molar-refractivity contribution < 1.29 is 19.1 Å². The lowest BCUT2D eigenvalue weighted by molar-refractivity contribution is 0.0999. The molecule has 1 heterocycles. The molecule has 0 bridgehead atoms. The van der Waals surface area contributed by atoms with Gasteiger partial charge in [-0.05, 0) is 76.3 Å². The fourth-order valence-corrected chi connectivity index (χ4v) is 4.18. The number of nitrogens with zero attached hydrogens (tertiary/aromatic N) is 1. The second-order valence-corrected chi connectivity index (χ2v) is 11.1. The second-order valence-electron chi connectivity index (χ2n) is 11.1. The van der Waals surface area contributed by atoms with Gasteiger partial charge < -0.3 is 20.5 Å². The quantitative estimate of drug-likeness (QED) is 0.348. The third kappa shape index (κ3) is 7.81. The minimum absolute atomic E-state index is 0.0740. The molecule has 0 aliphatic rings. The largest absolute Gasteiger partial charge is 0.489 e. The number of nitrogens with two attached hydrogens (primary N) is 1. The van der Waals surface area contributed by atoms with Gasteiger partial charge in [0.15, 0.2) is 0 Å². The van der Waals surface area contributed by atoms with Crippen LogP contribution >= 0.6 is 0 Å². The van der Waals surface area contributed by atoms with E-state index in [0.29, 0.717) is 17.2 Å². The average molecular weight is 518 g/mol. The maximum atomic E-state index is 12.6. The van der Waals surface area contributed by atoms with E-state index >= 15 is 0 Å². The number of pyridine rings is 1. The van der Waals surface area contributed by atoms with Crippen molar-refractivity contribution in [2.75, 3.05) is 0 Å². The lowest BCUT2D eigenvalue weighted by atomic mass is 9.90. The molecule has 0 spiro atoms. The summed E-state index contributed by atoms with van der Waals surface area (Å²) in [5.74, 6) is 0.373. The monoisotopic (exact) mass is 517 g/mol. The maximum absolute atomic E-state index is 12.6. The first-order valence-corrected chi connectivity index (χ1v) is 12.9. The number of primary amides is 1. The Hall–Kier alpha value is -3.87. The summed E-state index contributed by atoms with van der Waals surface area (Å²) in [5.41, 5.74) is 12.0. The number of amides is 2. The number of ether oxygens (including phenoxy) is 2. The topological polar surface area (TPSA) is 104 Å². The number of carbonyl (C=O) groups excluding carboxylic acids is 2. The highest BCUT2D eigenvalue weighted by Gasteiger charge is 2.23. The van der Waals surface area contributed by atoms with Crippen LogP contribution in [0.4, 0.5) is 4.79 Å². The Bertz CT molecular complexity index is 1290. The molecule has 202 valence electrons. The lowest BCUT2D eigenvalue weighted by Gasteiger charge is -2.23. The molecule has 0 radical (unpaired) electrons. The van der Waals surface area contributed by atoms with Crippen LogP contribution in [0.5, 0.6) is 5.75 Å². The summed E-state index contributed by atoms with van der Waals surface area (Å²) in [6.45, 7) is 14.3. The molecule has 0 atom stereocenters. The molecule has 0 fully saturated rings. The van der Waals surface area contributed by atoms with Crippen molar-refractivity contribution in [3.63, 3.8) is 0 Å². The van der Waals surface area contributed by atoms with E-state index < -0.39 is 17.5 Å². The zero-order valence-electron chi connectivity index (χ0n) is 23.5. The van der Waals surface area contributed by atoms with Crippen LogP contribution < -0.4 is 15.8 Å². The Balaban J connectivity index is 2.10. The molecule has 3 aromatic rings. The van der Waals surface area contributed by atoms with Crippen LogP contribution in [-0.2, 0) is 24.4 Å². The normalized spacial score (nSPS) is 11.4. The third-order valence-electron chi connectivity index (χ3n) is 5.96. The SMILES string of the molecule is Cc1ccc(-c2c(COc3cccc(C(N)=O)c3)c(C)nc(CC(C)C)c2COC(=O)NC(C)(C)C)cc1.